The van der Waals surface area contributed by atoms with Crippen LogP contribution in [0, 0.1) is 0 Å². The Bertz CT molecular complexity index is 546. The molecule has 0 aromatic rings. The molecule has 0 rings (SSSR count). The van der Waals surface area contributed by atoms with E-state index in [0.29, 0.717) is 31.3 Å². The normalized spacial score (nSPS) is 15.1. The SMILES string of the molecule is C/C=C(C)/N=C(N)/C(N)=C(\C(C)=C(\C)OC(C)C)N(C)CCOCC. The molecule has 0 saturated carbocycles. The summed E-state index contributed by atoms with van der Waals surface area (Å²) >= 11 is 0. The van der Waals surface area contributed by atoms with Gasteiger partial charge in [0.2, 0.25) is 0 Å². The number of allylic oxidation sites excluding steroid dienone is 4. The highest BCUT2D eigenvalue weighted by atomic mass is 16.5. The van der Waals surface area contributed by atoms with Crippen LogP contribution in [-0.4, -0.2) is 43.6 Å². The second kappa shape index (κ2) is 11.6. The summed E-state index contributed by atoms with van der Waals surface area (Å²) in [6, 6.07) is 0. The molecule has 0 aliphatic carbocycles. The lowest BCUT2D eigenvalue weighted by atomic mass is 10.1. The maximum atomic E-state index is 6.36. The summed E-state index contributed by atoms with van der Waals surface area (Å²) in [6.45, 7) is 15.6. The second-order valence-corrected chi connectivity index (χ2v) is 6.16. The number of rotatable bonds is 10. The lowest BCUT2D eigenvalue weighted by Gasteiger charge is -2.27. The first-order valence-electron chi connectivity index (χ1n) is 8.76. The molecule has 6 nitrogen and oxygen atoms in total. The largest absolute Gasteiger partial charge is 0.495 e. The number of likely N-dealkylation sites (N-methyl/N-ethyl adjacent to an activating group) is 1. The number of aliphatic imine (C=N–C) groups is 1. The smallest absolute Gasteiger partial charge is 0.149 e. The Balaban J connectivity index is 5.97. The lowest BCUT2D eigenvalue weighted by Crippen LogP contribution is -2.32. The van der Waals surface area contributed by atoms with Crippen molar-refractivity contribution in [1.82, 2.24) is 4.90 Å². The molecule has 0 atom stereocenters. The van der Waals surface area contributed by atoms with Gasteiger partial charge >= 0.3 is 0 Å². The van der Waals surface area contributed by atoms with Gasteiger partial charge in [-0.25, -0.2) is 4.99 Å². The molecule has 6 heteroatoms. The summed E-state index contributed by atoms with van der Waals surface area (Å²) in [7, 11) is 1.96. The van der Waals surface area contributed by atoms with E-state index in [9.17, 15) is 0 Å². The molecule has 0 bridgehead atoms. The van der Waals surface area contributed by atoms with Crippen molar-refractivity contribution in [2.75, 3.05) is 26.8 Å². The summed E-state index contributed by atoms with van der Waals surface area (Å²) in [5.41, 5.74) is 15.5. The Labute approximate surface area is 153 Å². The van der Waals surface area contributed by atoms with Crippen LogP contribution in [0.25, 0.3) is 0 Å². The Morgan fingerprint density at radius 2 is 1.80 bits per heavy atom. The third-order valence-corrected chi connectivity index (χ3v) is 3.70. The highest BCUT2D eigenvalue weighted by Gasteiger charge is 2.17. The topological polar surface area (TPSA) is 86.1 Å². The molecule has 0 aromatic carbocycles. The fraction of sp³-hybridized carbons (Fsp3) is 0.632. The number of nitrogens with zero attached hydrogens (tertiary/aromatic N) is 2. The Hall–Kier alpha value is -1.95. The van der Waals surface area contributed by atoms with E-state index in [2.05, 4.69) is 4.99 Å². The summed E-state index contributed by atoms with van der Waals surface area (Å²) in [6.07, 6.45) is 1.97. The summed E-state index contributed by atoms with van der Waals surface area (Å²) in [5.74, 6) is 1.11. The van der Waals surface area contributed by atoms with E-state index in [0.717, 1.165) is 22.7 Å². The van der Waals surface area contributed by atoms with E-state index in [1.54, 1.807) is 0 Å². The predicted octanol–water partition coefficient (Wildman–Crippen LogP) is 3.12. The molecule has 0 saturated heterocycles. The zero-order chi connectivity index (χ0) is 19.6. The molecule has 0 spiro atoms. The first-order chi connectivity index (χ1) is 11.6. The molecule has 0 fully saturated rings. The van der Waals surface area contributed by atoms with Crippen LogP contribution < -0.4 is 11.5 Å². The van der Waals surface area contributed by atoms with Crippen LogP contribution in [0.4, 0.5) is 0 Å². The van der Waals surface area contributed by atoms with Crippen LogP contribution in [0.5, 0.6) is 0 Å². The third kappa shape index (κ3) is 8.12. The number of hydrogen-bond acceptors (Lipinski definition) is 5. The van der Waals surface area contributed by atoms with Gasteiger partial charge in [-0.05, 0) is 48.5 Å². The van der Waals surface area contributed by atoms with Crippen molar-refractivity contribution in [1.29, 1.82) is 0 Å². The highest BCUT2D eigenvalue weighted by Crippen LogP contribution is 2.21. The molecular formula is C19H36N4O2. The van der Waals surface area contributed by atoms with E-state index in [4.69, 9.17) is 20.9 Å². The molecule has 0 radical (unpaired) electrons. The van der Waals surface area contributed by atoms with E-state index >= 15 is 0 Å². The van der Waals surface area contributed by atoms with Gasteiger partial charge in [0, 0.05) is 31.5 Å². The molecule has 0 aliphatic rings. The number of amidine groups is 1. The number of hydrogen-bond donors (Lipinski definition) is 2. The summed E-state index contributed by atoms with van der Waals surface area (Å²) in [4.78, 5) is 6.38. The van der Waals surface area contributed by atoms with E-state index in [-0.39, 0.29) is 6.10 Å². The first kappa shape index (κ1) is 23.1. The van der Waals surface area contributed by atoms with E-state index in [1.165, 1.54) is 0 Å². The van der Waals surface area contributed by atoms with Gasteiger partial charge in [-0.2, -0.15) is 0 Å². The fourth-order valence-corrected chi connectivity index (χ4v) is 2.20. The third-order valence-electron chi connectivity index (χ3n) is 3.70. The second-order valence-electron chi connectivity index (χ2n) is 6.16. The first-order valence-corrected chi connectivity index (χ1v) is 8.76. The Kier molecular flexibility index (Phi) is 10.7. The minimum Gasteiger partial charge on any atom is -0.495 e. The van der Waals surface area contributed by atoms with Crippen LogP contribution in [0.1, 0.15) is 48.5 Å². The van der Waals surface area contributed by atoms with Crippen LogP contribution >= 0.6 is 0 Å². The van der Waals surface area contributed by atoms with Crippen molar-refractivity contribution in [2.24, 2.45) is 16.5 Å². The van der Waals surface area contributed by atoms with Gasteiger partial charge in [-0.1, -0.05) is 6.08 Å². The van der Waals surface area contributed by atoms with Crippen LogP contribution in [-0.2, 0) is 9.47 Å². The maximum Gasteiger partial charge on any atom is 0.149 e. The van der Waals surface area contributed by atoms with Gasteiger partial charge in [0.1, 0.15) is 5.84 Å². The quantitative estimate of drug-likeness (QED) is 0.207. The molecule has 0 unspecified atom stereocenters. The van der Waals surface area contributed by atoms with Crippen LogP contribution in [0.2, 0.25) is 0 Å². The molecule has 0 aromatic heterocycles. The monoisotopic (exact) mass is 352 g/mol. The van der Waals surface area contributed by atoms with Gasteiger partial charge in [-0.3, -0.25) is 0 Å². The molecule has 0 aliphatic heterocycles. The lowest BCUT2D eigenvalue weighted by molar-refractivity contribution is 0.129. The fourth-order valence-electron chi connectivity index (χ4n) is 2.20. The van der Waals surface area contributed by atoms with Gasteiger partial charge in [0.15, 0.2) is 0 Å². The predicted molar refractivity (Wildman–Crippen MR) is 106 cm³/mol. The van der Waals surface area contributed by atoms with Gasteiger partial charge < -0.3 is 25.8 Å². The number of nitrogens with two attached hydrogens (primary N) is 2. The van der Waals surface area contributed by atoms with Gasteiger partial charge in [-0.15, -0.1) is 0 Å². The molecule has 144 valence electrons. The molecule has 4 N–H and O–H groups in total. The van der Waals surface area contributed by atoms with Gasteiger partial charge in [0.25, 0.3) is 0 Å². The summed E-state index contributed by atoms with van der Waals surface area (Å²) in [5, 5.41) is 0. The van der Waals surface area contributed by atoms with E-state index in [1.807, 2.05) is 66.5 Å². The van der Waals surface area contributed by atoms with Crippen LogP contribution in [0.3, 0.4) is 0 Å². The summed E-state index contributed by atoms with van der Waals surface area (Å²) < 4.78 is 11.3. The van der Waals surface area contributed by atoms with Crippen molar-refractivity contribution in [3.63, 3.8) is 0 Å². The van der Waals surface area contributed by atoms with Crippen molar-refractivity contribution in [3.05, 3.63) is 34.5 Å². The van der Waals surface area contributed by atoms with Gasteiger partial charge in [0.05, 0.1) is 29.9 Å². The van der Waals surface area contributed by atoms with Crippen molar-refractivity contribution < 1.29 is 9.47 Å². The minimum absolute atomic E-state index is 0.0856. The maximum absolute atomic E-state index is 6.36. The Morgan fingerprint density at radius 3 is 2.28 bits per heavy atom. The highest BCUT2D eigenvalue weighted by molar-refractivity contribution is 5.97. The van der Waals surface area contributed by atoms with Crippen molar-refractivity contribution in [2.45, 2.75) is 54.6 Å². The van der Waals surface area contributed by atoms with Crippen molar-refractivity contribution in [3.8, 4) is 0 Å². The zero-order valence-corrected chi connectivity index (χ0v) is 17.1. The Morgan fingerprint density at radius 1 is 1.20 bits per heavy atom. The zero-order valence-electron chi connectivity index (χ0n) is 17.1. The van der Waals surface area contributed by atoms with Crippen molar-refractivity contribution >= 4 is 5.84 Å². The number of ether oxygens (including phenoxy) is 2. The molecule has 0 heterocycles. The average Bonchev–Trinajstić information content (AvgIpc) is 2.54. The standard InChI is InChI=1S/C19H36N4O2/c1-9-14(5)22-19(21)17(20)18(23(8)11-12-24-10-2)15(6)16(7)25-13(3)4/h9,13H,10-12,20H2,1-8H3,(H2,21,22)/b14-9+,16-15-,18-17-. The van der Waals surface area contributed by atoms with E-state index < -0.39 is 0 Å². The minimum atomic E-state index is 0.0856. The molecular weight excluding hydrogens is 316 g/mol. The average molecular weight is 353 g/mol. The molecule has 25 heavy (non-hydrogen) atoms. The van der Waals surface area contributed by atoms with Crippen LogP contribution in [0.15, 0.2) is 39.5 Å². The molecule has 0 amide bonds.